The highest BCUT2D eigenvalue weighted by atomic mass is 16.5. The van der Waals surface area contributed by atoms with Crippen molar-refractivity contribution in [3.05, 3.63) is 12.2 Å². The van der Waals surface area contributed by atoms with Crippen molar-refractivity contribution in [2.24, 2.45) is 0 Å². The topological polar surface area (TPSA) is 24.5 Å². The van der Waals surface area contributed by atoms with Crippen LogP contribution < -0.4 is 5.32 Å². The third kappa shape index (κ3) is 3.89. The minimum Gasteiger partial charge on any atom is -0.373 e. The molecular formula is C13H24N2O. The summed E-state index contributed by atoms with van der Waals surface area (Å²) >= 11 is 0. The predicted octanol–water partition coefficient (Wildman–Crippen LogP) is 1.40. The van der Waals surface area contributed by atoms with Crippen LogP contribution in [0.2, 0.25) is 0 Å². The fraction of sp³-hybridized carbons (Fsp3) is 0.846. The van der Waals surface area contributed by atoms with Gasteiger partial charge in [-0.05, 0) is 32.3 Å². The van der Waals surface area contributed by atoms with E-state index in [0.29, 0.717) is 12.2 Å². The molecule has 1 saturated carbocycles. The Balaban J connectivity index is 1.68. The molecule has 1 saturated heterocycles. The minimum atomic E-state index is 0.355. The van der Waals surface area contributed by atoms with E-state index < -0.39 is 0 Å². The van der Waals surface area contributed by atoms with Crippen LogP contribution in [0.1, 0.15) is 26.7 Å². The highest BCUT2D eigenvalue weighted by Crippen LogP contribution is 2.19. The Labute approximate surface area is 98.8 Å². The summed E-state index contributed by atoms with van der Waals surface area (Å²) in [5.74, 6) is 0. The monoisotopic (exact) mass is 224 g/mol. The molecule has 3 nitrogen and oxygen atoms in total. The lowest BCUT2D eigenvalue weighted by Crippen LogP contribution is -2.46. The van der Waals surface area contributed by atoms with Crippen molar-refractivity contribution >= 4 is 0 Å². The normalized spacial score (nSPS) is 31.6. The second kappa shape index (κ2) is 5.30. The fourth-order valence-corrected chi connectivity index (χ4v) is 2.36. The van der Waals surface area contributed by atoms with E-state index in [0.717, 1.165) is 32.2 Å². The third-order valence-corrected chi connectivity index (χ3v) is 3.16. The molecule has 0 radical (unpaired) electrons. The van der Waals surface area contributed by atoms with Crippen LogP contribution in [0.15, 0.2) is 12.2 Å². The molecule has 1 heterocycles. The molecule has 16 heavy (non-hydrogen) atoms. The smallest absolute Gasteiger partial charge is 0.0678 e. The Bertz CT molecular complexity index is 240. The van der Waals surface area contributed by atoms with Crippen molar-refractivity contribution in [1.82, 2.24) is 10.2 Å². The van der Waals surface area contributed by atoms with Crippen molar-refractivity contribution in [3.63, 3.8) is 0 Å². The molecule has 2 fully saturated rings. The maximum absolute atomic E-state index is 5.72. The van der Waals surface area contributed by atoms with Gasteiger partial charge in [0.2, 0.25) is 0 Å². The van der Waals surface area contributed by atoms with E-state index in [9.17, 15) is 0 Å². The molecule has 1 N–H and O–H groups in total. The van der Waals surface area contributed by atoms with Crippen LogP contribution >= 0.6 is 0 Å². The van der Waals surface area contributed by atoms with Crippen LogP contribution in [0.5, 0.6) is 0 Å². The van der Waals surface area contributed by atoms with Gasteiger partial charge in [0, 0.05) is 32.2 Å². The van der Waals surface area contributed by atoms with Gasteiger partial charge in [0.15, 0.2) is 0 Å². The van der Waals surface area contributed by atoms with Gasteiger partial charge in [-0.3, -0.25) is 4.90 Å². The summed E-state index contributed by atoms with van der Waals surface area (Å²) in [6.07, 6.45) is 3.40. The third-order valence-electron chi connectivity index (χ3n) is 3.16. The molecular weight excluding hydrogens is 200 g/mol. The first-order valence-corrected chi connectivity index (χ1v) is 6.41. The minimum absolute atomic E-state index is 0.355. The standard InChI is InChI=1S/C13H24N2O/c1-10(6-14-13-4-5-13)7-15-8-11(2)16-12(3)9-15/h11-14H,1,4-9H2,2-3H3/t11-,12+. The first-order valence-electron chi connectivity index (χ1n) is 6.41. The van der Waals surface area contributed by atoms with Crippen LogP contribution in [0.4, 0.5) is 0 Å². The fourth-order valence-electron chi connectivity index (χ4n) is 2.36. The van der Waals surface area contributed by atoms with Gasteiger partial charge >= 0.3 is 0 Å². The average Bonchev–Trinajstić information content (AvgIpc) is 2.96. The summed E-state index contributed by atoms with van der Waals surface area (Å²) in [4.78, 5) is 2.45. The molecule has 1 aliphatic carbocycles. The Morgan fingerprint density at radius 3 is 2.50 bits per heavy atom. The Hall–Kier alpha value is -0.380. The Kier molecular flexibility index (Phi) is 4.00. The van der Waals surface area contributed by atoms with Crippen LogP contribution in [-0.4, -0.2) is 49.3 Å². The highest BCUT2D eigenvalue weighted by molar-refractivity contribution is 5.02. The van der Waals surface area contributed by atoms with Gasteiger partial charge < -0.3 is 10.1 Å². The molecule has 2 atom stereocenters. The van der Waals surface area contributed by atoms with Crippen LogP contribution in [0.25, 0.3) is 0 Å². The van der Waals surface area contributed by atoms with Crippen molar-refractivity contribution in [1.29, 1.82) is 0 Å². The van der Waals surface area contributed by atoms with Gasteiger partial charge in [-0.15, -0.1) is 0 Å². The molecule has 0 spiro atoms. The zero-order chi connectivity index (χ0) is 11.5. The largest absolute Gasteiger partial charge is 0.373 e. The molecule has 0 amide bonds. The lowest BCUT2D eigenvalue weighted by molar-refractivity contribution is -0.0653. The summed E-state index contributed by atoms with van der Waals surface area (Å²) in [5.41, 5.74) is 1.30. The molecule has 0 aromatic carbocycles. The number of rotatable bonds is 5. The van der Waals surface area contributed by atoms with E-state index in [1.165, 1.54) is 18.4 Å². The van der Waals surface area contributed by atoms with Gasteiger partial charge in [0.1, 0.15) is 0 Å². The average molecular weight is 224 g/mol. The van der Waals surface area contributed by atoms with E-state index >= 15 is 0 Å². The first-order chi connectivity index (χ1) is 7.63. The molecule has 2 aliphatic rings. The summed E-state index contributed by atoms with van der Waals surface area (Å²) in [6.45, 7) is 12.5. The number of hydrogen-bond acceptors (Lipinski definition) is 3. The summed E-state index contributed by atoms with van der Waals surface area (Å²) in [5, 5.41) is 3.51. The highest BCUT2D eigenvalue weighted by Gasteiger charge is 2.23. The van der Waals surface area contributed by atoms with Gasteiger partial charge in [-0.2, -0.15) is 0 Å². The maximum Gasteiger partial charge on any atom is 0.0678 e. The predicted molar refractivity (Wildman–Crippen MR) is 66.6 cm³/mol. The maximum atomic E-state index is 5.72. The van der Waals surface area contributed by atoms with Crippen molar-refractivity contribution in [3.8, 4) is 0 Å². The van der Waals surface area contributed by atoms with E-state index in [1.54, 1.807) is 0 Å². The number of hydrogen-bond donors (Lipinski definition) is 1. The molecule has 0 aromatic rings. The Morgan fingerprint density at radius 1 is 1.31 bits per heavy atom. The second-order valence-electron chi connectivity index (χ2n) is 5.36. The molecule has 0 aromatic heterocycles. The SMILES string of the molecule is C=C(CNC1CC1)CN1C[C@@H](C)O[C@@H](C)C1. The van der Waals surface area contributed by atoms with Gasteiger partial charge in [-0.25, -0.2) is 0 Å². The quantitative estimate of drug-likeness (QED) is 0.715. The zero-order valence-corrected chi connectivity index (χ0v) is 10.5. The zero-order valence-electron chi connectivity index (χ0n) is 10.5. The van der Waals surface area contributed by atoms with Crippen LogP contribution in [0, 0.1) is 0 Å². The molecule has 92 valence electrons. The van der Waals surface area contributed by atoms with Gasteiger partial charge in [-0.1, -0.05) is 6.58 Å². The first kappa shape index (κ1) is 12.1. The molecule has 0 bridgehead atoms. The lowest BCUT2D eigenvalue weighted by Gasteiger charge is -2.35. The van der Waals surface area contributed by atoms with Gasteiger partial charge in [0.25, 0.3) is 0 Å². The molecule has 3 heteroatoms. The molecule has 0 unspecified atom stereocenters. The summed E-state index contributed by atoms with van der Waals surface area (Å²) in [6, 6.07) is 0.777. The van der Waals surface area contributed by atoms with E-state index in [4.69, 9.17) is 4.74 Å². The Morgan fingerprint density at radius 2 is 1.94 bits per heavy atom. The van der Waals surface area contributed by atoms with E-state index in [2.05, 4.69) is 30.6 Å². The van der Waals surface area contributed by atoms with E-state index in [1.807, 2.05) is 0 Å². The van der Waals surface area contributed by atoms with Crippen LogP contribution in [-0.2, 0) is 4.74 Å². The van der Waals surface area contributed by atoms with Crippen molar-refractivity contribution in [2.45, 2.75) is 44.9 Å². The molecule has 1 aliphatic heterocycles. The summed E-state index contributed by atoms with van der Waals surface area (Å²) < 4.78 is 5.72. The number of morpholine rings is 1. The summed E-state index contributed by atoms with van der Waals surface area (Å²) in [7, 11) is 0. The molecule has 2 rings (SSSR count). The van der Waals surface area contributed by atoms with Crippen molar-refractivity contribution in [2.75, 3.05) is 26.2 Å². The van der Waals surface area contributed by atoms with E-state index in [-0.39, 0.29) is 0 Å². The second-order valence-corrected chi connectivity index (χ2v) is 5.36. The lowest BCUT2D eigenvalue weighted by atomic mass is 10.2. The van der Waals surface area contributed by atoms with Crippen molar-refractivity contribution < 1.29 is 4.74 Å². The number of ether oxygens (including phenoxy) is 1. The van der Waals surface area contributed by atoms with Crippen LogP contribution in [0.3, 0.4) is 0 Å². The number of nitrogens with one attached hydrogen (secondary N) is 1. The number of nitrogens with zero attached hydrogens (tertiary/aromatic N) is 1. The van der Waals surface area contributed by atoms with Gasteiger partial charge in [0.05, 0.1) is 12.2 Å².